The Morgan fingerprint density at radius 3 is 3.05 bits per heavy atom. The van der Waals surface area contributed by atoms with E-state index in [2.05, 4.69) is 10.3 Å². The lowest BCUT2D eigenvalue weighted by molar-refractivity contribution is -0.122. The highest BCUT2D eigenvalue weighted by Crippen LogP contribution is 2.41. The van der Waals surface area contributed by atoms with Crippen molar-refractivity contribution in [3.63, 3.8) is 0 Å². The Morgan fingerprint density at radius 2 is 2.30 bits per heavy atom. The first-order valence-corrected chi connectivity index (χ1v) is 6.86. The van der Waals surface area contributed by atoms with Crippen LogP contribution in [0.2, 0.25) is 0 Å². The van der Waals surface area contributed by atoms with Crippen LogP contribution in [0.4, 0.5) is 4.39 Å². The van der Waals surface area contributed by atoms with E-state index in [1.165, 1.54) is 12.1 Å². The standard InChI is InChI=1S/C15H13FN2OS/c16-10-4-1-3-9(7-10)12-8-13(12)18-14(19)11-5-2-6-17-15(11)20/h1-7,11-13H,8H2,(H,18,19). The molecule has 1 aromatic rings. The van der Waals surface area contributed by atoms with Gasteiger partial charge in [-0.25, -0.2) is 9.38 Å². The quantitative estimate of drug-likeness (QED) is 0.868. The normalized spacial score (nSPS) is 27.4. The summed E-state index contributed by atoms with van der Waals surface area (Å²) in [5, 5.41) is 2.95. The van der Waals surface area contributed by atoms with Gasteiger partial charge in [0.15, 0.2) is 0 Å². The van der Waals surface area contributed by atoms with Crippen LogP contribution in [0.15, 0.2) is 41.4 Å². The molecule has 3 atom stereocenters. The lowest BCUT2D eigenvalue weighted by atomic mass is 10.1. The third-order valence-corrected chi connectivity index (χ3v) is 3.89. The van der Waals surface area contributed by atoms with E-state index < -0.39 is 5.92 Å². The van der Waals surface area contributed by atoms with Crippen molar-refractivity contribution in [1.82, 2.24) is 5.32 Å². The molecule has 0 aromatic heterocycles. The molecule has 0 bridgehead atoms. The van der Waals surface area contributed by atoms with Crippen molar-refractivity contribution in [2.45, 2.75) is 18.4 Å². The van der Waals surface area contributed by atoms with Crippen molar-refractivity contribution in [3.05, 3.63) is 47.8 Å². The fourth-order valence-corrected chi connectivity index (χ4v) is 2.62. The van der Waals surface area contributed by atoms with Gasteiger partial charge in [0.25, 0.3) is 0 Å². The number of hydrogen-bond donors (Lipinski definition) is 1. The Kier molecular flexibility index (Phi) is 3.44. The van der Waals surface area contributed by atoms with E-state index >= 15 is 0 Å². The Hall–Kier alpha value is -1.88. The monoisotopic (exact) mass is 288 g/mol. The van der Waals surface area contributed by atoms with Gasteiger partial charge in [0.05, 0.1) is 0 Å². The van der Waals surface area contributed by atoms with Gasteiger partial charge in [-0.3, -0.25) is 4.79 Å². The van der Waals surface area contributed by atoms with Crippen LogP contribution < -0.4 is 5.32 Å². The number of nitrogens with zero attached hydrogens (tertiary/aromatic N) is 1. The van der Waals surface area contributed by atoms with Crippen molar-refractivity contribution in [3.8, 4) is 0 Å². The number of halogens is 1. The maximum absolute atomic E-state index is 13.2. The molecule has 20 heavy (non-hydrogen) atoms. The van der Waals surface area contributed by atoms with E-state index in [-0.39, 0.29) is 23.7 Å². The molecular formula is C15H13FN2OS. The zero-order chi connectivity index (χ0) is 14.1. The van der Waals surface area contributed by atoms with Gasteiger partial charge in [0, 0.05) is 18.2 Å². The fourth-order valence-electron chi connectivity index (χ4n) is 2.37. The third-order valence-electron chi connectivity index (χ3n) is 3.53. The number of rotatable bonds is 3. The number of dihydropyridines is 1. The molecule has 3 rings (SSSR count). The van der Waals surface area contributed by atoms with Crippen LogP contribution in [0.5, 0.6) is 0 Å². The van der Waals surface area contributed by atoms with Gasteiger partial charge in [-0.1, -0.05) is 30.4 Å². The fraction of sp³-hybridized carbons (Fsp3) is 0.267. The van der Waals surface area contributed by atoms with Crippen molar-refractivity contribution in [2.24, 2.45) is 10.9 Å². The SMILES string of the molecule is O=C(NC1CC1c1cccc(F)c1)C1C=CC=NC1=S. The second kappa shape index (κ2) is 5.25. The first kappa shape index (κ1) is 13.1. The summed E-state index contributed by atoms with van der Waals surface area (Å²) in [7, 11) is 0. The average molecular weight is 288 g/mol. The Bertz CT molecular complexity index is 626. The largest absolute Gasteiger partial charge is 0.352 e. The van der Waals surface area contributed by atoms with Crippen molar-refractivity contribution >= 4 is 29.3 Å². The van der Waals surface area contributed by atoms with E-state index in [1.54, 1.807) is 24.4 Å². The number of aliphatic imine (C=N–C) groups is 1. The second-order valence-corrected chi connectivity index (χ2v) is 5.41. The van der Waals surface area contributed by atoms with Crippen LogP contribution in [0.1, 0.15) is 17.9 Å². The molecule has 2 aliphatic rings. The van der Waals surface area contributed by atoms with E-state index in [0.717, 1.165) is 12.0 Å². The van der Waals surface area contributed by atoms with Crippen LogP contribution in [0, 0.1) is 11.7 Å². The third kappa shape index (κ3) is 2.67. The molecule has 5 heteroatoms. The number of amides is 1. The average Bonchev–Trinajstić information content (AvgIpc) is 3.18. The predicted octanol–water partition coefficient (Wildman–Crippen LogP) is 2.38. The maximum Gasteiger partial charge on any atom is 0.234 e. The minimum absolute atomic E-state index is 0.0615. The Morgan fingerprint density at radius 1 is 1.45 bits per heavy atom. The first-order valence-electron chi connectivity index (χ1n) is 6.45. The van der Waals surface area contributed by atoms with Crippen LogP contribution in [-0.4, -0.2) is 23.2 Å². The summed E-state index contributed by atoms with van der Waals surface area (Å²) < 4.78 is 13.2. The Labute approximate surface area is 121 Å². The molecule has 3 nitrogen and oxygen atoms in total. The molecule has 0 radical (unpaired) electrons. The van der Waals surface area contributed by atoms with E-state index in [4.69, 9.17) is 12.2 Å². The highest BCUT2D eigenvalue weighted by atomic mass is 32.1. The zero-order valence-electron chi connectivity index (χ0n) is 10.6. The number of allylic oxidation sites excluding steroid dienone is 1. The summed E-state index contributed by atoms with van der Waals surface area (Å²) >= 11 is 5.06. The summed E-state index contributed by atoms with van der Waals surface area (Å²) in [6, 6.07) is 6.58. The van der Waals surface area contributed by atoms with Crippen LogP contribution >= 0.6 is 12.2 Å². The highest BCUT2D eigenvalue weighted by Gasteiger charge is 2.40. The van der Waals surface area contributed by atoms with Gasteiger partial charge in [-0.2, -0.15) is 0 Å². The predicted molar refractivity (Wildman–Crippen MR) is 79.4 cm³/mol. The van der Waals surface area contributed by atoms with Gasteiger partial charge in [0.2, 0.25) is 5.91 Å². The molecule has 1 fully saturated rings. The minimum Gasteiger partial charge on any atom is -0.352 e. The molecule has 1 N–H and O–H groups in total. The van der Waals surface area contributed by atoms with Gasteiger partial charge >= 0.3 is 0 Å². The topological polar surface area (TPSA) is 41.5 Å². The smallest absolute Gasteiger partial charge is 0.234 e. The summed E-state index contributed by atoms with van der Waals surface area (Å²) in [6.07, 6.45) is 5.88. The van der Waals surface area contributed by atoms with Gasteiger partial charge in [-0.05, 0) is 30.2 Å². The van der Waals surface area contributed by atoms with Crippen LogP contribution in [-0.2, 0) is 4.79 Å². The van der Waals surface area contributed by atoms with Crippen LogP contribution in [0.3, 0.4) is 0 Å². The molecule has 1 aliphatic heterocycles. The second-order valence-electron chi connectivity index (χ2n) is 4.99. The van der Waals surface area contributed by atoms with Crippen molar-refractivity contribution < 1.29 is 9.18 Å². The van der Waals surface area contributed by atoms with Crippen molar-refractivity contribution in [1.29, 1.82) is 0 Å². The summed E-state index contributed by atoms with van der Waals surface area (Å²) in [4.78, 5) is 16.4. The summed E-state index contributed by atoms with van der Waals surface area (Å²) in [5.74, 6) is -0.653. The lowest BCUT2D eigenvalue weighted by Crippen LogP contribution is -2.35. The van der Waals surface area contributed by atoms with Crippen LogP contribution in [0.25, 0.3) is 0 Å². The number of benzene rings is 1. The van der Waals surface area contributed by atoms with E-state index in [0.29, 0.717) is 4.99 Å². The van der Waals surface area contributed by atoms with E-state index in [9.17, 15) is 9.18 Å². The lowest BCUT2D eigenvalue weighted by Gasteiger charge is -2.13. The molecule has 0 saturated heterocycles. The Balaban J connectivity index is 1.61. The maximum atomic E-state index is 13.2. The summed E-state index contributed by atoms with van der Waals surface area (Å²) in [6.45, 7) is 0. The number of nitrogens with one attached hydrogen (secondary N) is 1. The van der Waals surface area contributed by atoms with Gasteiger partial charge < -0.3 is 5.32 Å². The number of carbonyl (C=O) groups excluding carboxylic acids is 1. The molecular weight excluding hydrogens is 275 g/mol. The molecule has 0 spiro atoms. The molecule has 1 aliphatic carbocycles. The van der Waals surface area contributed by atoms with Crippen molar-refractivity contribution in [2.75, 3.05) is 0 Å². The summed E-state index contributed by atoms with van der Waals surface area (Å²) in [5.41, 5.74) is 0.926. The number of thiocarbonyl (C=S) groups is 1. The molecule has 1 aromatic carbocycles. The molecule has 3 unspecified atom stereocenters. The highest BCUT2D eigenvalue weighted by molar-refractivity contribution is 7.80. The number of hydrogen-bond acceptors (Lipinski definition) is 2. The van der Waals surface area contributed by atoms with Gasteiger partial charge in [0.1, 0.15) is 16.7 Å². The number of carbonyl (C=O) groups is 1. The van der Waals surface area contributed by atoms with Gasteiger partial charge in [-0.15, -0.1) is 0 Å². The first-order chi connectivity index (χ1) is 9.65. The molecule has 102 valence electrons. The zero-order valence-corrected chi connectivity index (χ0v) is 11.4. The minimum atomic E-state index is -0.469. The molecule has 1 amide bonds. The van der Waals surface area contributed by atoms with E-state index in [1.807, 2.05) is 6.07 Å². The molecule has 1 heterocycles. The molecule has 1 saturated carbocycles.